The van der Waals surface area contributed by atoms with E-state index in [2.05, 4.69) is 14.9 Å². The van der Waals surface area contributed by atoms with Crippen molar-refractivity contribution in [3.05, 3.63) is 35.0 Å². The number of rotatable bonds is 5. The number of aryl methyl sites for hydroxylation is 2. The van der Waals surface area contributed by atoms with E-state index in [9.17, 15) is 13.2 Å². The Kier molecular flexibility index (Phi) is 4.55. The van der Waals surface area contributed by atoms with Gasteiger partial charge in [0.15, 0.2) is 5.82 Å². The van der Waals surface area contributed by atoms with E-state index in [1.165, 1.54) is 0 Å². The first-order valence-corrected chi connectivity index (χ1v) is 9.79. The van der Waals surface area contributed by atoms with Crippen LogP contribution in [0.1, 0.15) is 36.6 Å². The number of amides is 1. The quantitative estimate of drug-likeness (QED) is 0.854. The van der Waals surface area contributed by atoms with Crippen LogP contribution in [-0.4, -0.2) is 31.1 Å². The second-order valence-corrected chi connectivity index (χ2v) is 7.88. The summed E-state index contributed by atoms with van der Waals surface area (Å²) in [5.74, 6) is 0.329. The second kappa shape index (κ2) is 6.51. The molecule has 1 aromatic heterocycles. The Balaban J connectivity index is 1.96. The number of aromatic amines is 1. The molecule has 134 valence electrons. The van der Waals surface area contributed by atoms with E-state index < -0.39 is 10.0 Å². The van der Waals surface area contributed by atoms with Gasteiger partial charge in [0.1, 0.15) is 0 Å². The van der Waals surface area contributed by atoms with Crippen LogP contribution in [-0.2, 0) is 21.2 Å². The molecule has 0 aliphatic carbocycles. The molecule has 1 saturated heterocycles. The van der Waals surface area contributed by atoms with Crippen molar-refractivity contribution in [2.24, 2.45) is 0 Å². The van der Waals surface area contributed by atoms with Gasteiger partial charge >= 0.3 is 0 Å². The smallest absolute Gasteiger partial charge is 0.263 e. The summed E-state index contributed by atoms with van der Waals surface area (Å²) >= 11 is 0. The van der Waals surface area contributed by atoms with E-state index in [0.717, 1.165) is 24.1 Å². The summed E-state index contributed by atoms with van der Waals surface area (Å²) in [6.45, 7) is 6.15. The number of carbonyl (C=O) groups excluding carboxylic acids is 1. The van der Waals surface area contributed by atoms with Crippen LogP contribution in [0.3, 0.4) is 0 Å². The maximum absolute atomic E-state index is 12.9. The molecule has 3 rings (SSSR count). The van der Waals surface area contributed by atoms with Crippen molar-refractivity contribution in [1.29, 1.82) is 0 Å². The van der Waals surface area contributed by atoms with Gasteiger partial charge in [0.05, 0.1) is 4.90 Å². The van der Waals surface area contributed by atoms with Crippen molar-refractivity contribution in [3.8, 4) is 0 Å². The van der Waals surface area contributed by atoms with Crippen LogP contribution in [0.5, 0.6) is 0 Å². The number of H-pyrrole nitrogens is 1. The van der Waals surface area contributed by atoms with Gasteiger partial charge in [-0.2, -0.15) is 5.10 Å². The zero-order chi connectivity index (χ0) is 18.2. The normalized spacial score (nSPS) is 15.0. The molecule has 0 bridgehead atoms. The highest BCUT2D eigenvalue weighted by molar-refractivity contribution is 7.92. The van der Waals surface area contributed by atoms with Crippen molar-refractivity contribution in [3.63, 3.8) is 0 Å². The van der Waals surface area contributed by atoms with Gasteiger partial charge in [-0.25, -0.2) is 8.42 Å². The van der Waals surface area contributed by atoms with Crippen LogP contribution in [0, 0.1) is 13.8 Å². The van der Waals surface area contributed by atoms with Gasteiger partial charge in [0.25, 0.3) is 10.0 Å². The van der Waals surface area contributed by atoms with E-state index in [0.29, 0.717) is 30.0 Å². The number of aromatic nitrogens is 2. The number of benzene rings is 1. The Labute approximate surface area is 147 Å². The highest BCUT2D eigenvalue weighted by Gasteiger charge is 2.25. The molecule has 7 nitrogen and oxygen atoms in total. The minimum Gasteiger partial charge on any atom is -0.312 e. The zero-order valence-electron chi connectivity index (χ0n) is 14.6. The van der Waals surface area contributed by atoms with Crippen molar-refractivity contribution >= 4 is 27.4 Å². The van der Waals surface area contributed by atoms with Gasteiger partial charge < -0.3 is 4.90 Å². The topological polar surface area (TPSA) is 95.2 Å². The van der Waals surface area contributed by atoms with E-state index in [1.807, 2.05) is 13.8 Å². The fraction of sp³-hybridized carbons (Fsp3) is 0.412. The molecule has 25 heavy (non-hydrogen) atoms. The first kappa shape index (κ1) is 17.5. The number of nitrogens with zero attached hydrogens (tertiary/aromatic N) is 2. The lowest BCUT2D eigenvalue weighted by atomic mass is 10.2. The highest BCUT2D eigenvalue weighted by Crippen LogP contribution is 2.28. The molecule has 1 aliphatic heterocycles. The van der Waals surface area contributed by atoms with Crippen LogP contribution >= 0.6 is 0 Å². The van der Waals surface area contributed by atoms with Crippen LogP contribution in [0.25, 0.3) is 0 Å². The van der Waals surface area contributed by atoms with Crippen molar-refractivity contribution in [1.82, 2.24) is 10.2 Å². The molecule has 1 aromatic carbocycles. The third-order valence-electron chi connectivity index (χ3n) is 4.54. The number of hydrogen-bond acceptors (Lipinski definition) is 4. The molecule has 2 aromatic rings. The molecule has 0 saturated carbocycles. The predicted molar refractivity (Wildman–Crippen MR) is 96.3 cm³/mol. The molecule has 1 fully saturated rings. The summed E-state index contributed by atoms with van der Waals surface area (Å²) in [7, 11) is -3.80. The molecule has 0 unspecified atom stereocenters. The molecule has 0 radical (unpaired) electrons. The largest absolute Gasteiger partial charge is 0.312 e. The summed E-state index contributed by atoms with van der Waals surface area (Å²) in [6.07, 6.45) is 2.03. The fourth-order valence-corrected chi connectivity index (χ4v) is 4.36. The molecule has 1 aliphatic rings. The van der Waals surface area contributed by atoms with Gasteiger partial charge in [-0.05, 0) is 44.4 Å². The van der Waals surface area contributed by atoms with Gasteiger partial charge in [-0.3, -0.25) is 14.6 Å². The Hall–Kier alpha value is -2.35. The lowest BCUT2D eigenvalue weighted by Gasteiger charge is -2.18. The zero-order valence-corrected chi connectivity index (χ0v) is 15.4. The molecular formula is C17H22N4O3S. The summed E-state index contributed by atoms with van der Waals surface area (Å²) in [5, 5.41) is 6.90. The average molecular weight is 362 g/mol. The van der Waals surface area contributed by atoms with Crippen LogP contribution in [0.2, 0.25) is 0 Å². The first-order chi connectivity index (χ1) is 11.8. The SMILES string of the molecule is CCc1[nH]nc(NS(=O)(=O)c2cc(N3CCCC3=O)ccc2C)c1C. The monoisotopic (exact) mass is 362 g/mol. The van der Waals surface area contributed by atoms with Crippen LogP contribution in [0.4, 0.5) is 11.5 Å². The fourth-order valence-electron chi connectivity index (χ4n) is 3.03. The Morgan fingerprint density at radius 3 is 2.68 bits per heavy atom. The molecule has 0 atom stereocenters. The summed E-state index contributed by atoms with van der Waals surface area (Å²) in [5.41, 5.74) is 2.91. The van der Waals surface area contributed by atoms with Gasteiger partial charge in [-0.1, -0.05) is 13.0 Å². The third kappa shape index (κ3) is 3.26. The van der Waals surface area contributed by atoms with Crippen LogP contribution in [0.15, 0.2) is 23.1 Å². The maximum Gasteiger partial charge on any atom is 0.263 e. The Bertz CT molecular complexity index is 918. The minimum atomic E-state index is -3.80. The molecule has 2 N–H and O–H groups in total. The van der Waals surface area contributed by atoms with Crippen molar-refractivity contribution in [2.75, 3.05) is 16.2 Å². The van der Waals surface area contributed by atoms with Crippen molar-refractivity contribution < 1.29 is 13.2 Å². The van der Waals surface area contributed by atoms with Gasteiger partial charge in [0, 0.05) is 29.9 Å². The molecule has 8 heteroatoms. The number of sulfonamides is 1. The summed E-state index contributed by atoms with van der Waals surface area (Å²) in [6, 6.07) is 5.07. The van der Waals surface area contributed by atoms with E-state index in [-0.39, 0.29) is 10.8 Å². The second-order valence-electron chi connectivity index (χ2n) is 6.23. The Morgan fingerprint density at radius 1 is 1.32 bits per heavy atom. The molecular weight excluding hydrogens is 340 g/mol. The summed E-state index contributed by atoms with van der Waals surface area (Å²) in [4.78, 5) is 13.7. The molecule has 1 amide bonds. The molecule has 2 heterocycles. The predicted octanol–water partition coefficient (Wildman–Crippen LogP) is 2.52. The Morgan fingerprint density at radius 2 is 2.08 bits per heavy atom. The van der Waals surface area contributed by atoms with E-state index in [1.54, 1.807) is 30.0 Å². The lowest BCUT2D eigenvalue weighted by molar-refractivity contribution is -0.117. The number of anilines is 2. The highest BCUT2D eigenvalue weighted by atomic mass is 32.2. The number of nitrogens with one attached hydrogen (secondary N) is 2. The molecule has 0 spiro atoms. The maximum atomic E-state index is 12.9. The van der Waals surface area contributed by atoms with Crippen molar-refractivity contribution in [2.45, 2.75) is 44.9 Å². The van der Waals surface area contributed by atoms with Crippen LogP contribution < -0.4 is 9.62 Å². The van der Waals surface area contributed by atoms with E-state index >= 15 is 0 Å². The first-order valence-electron chi connectivity index (χ1n) is 8.31. The average Bonchev–Trinajstić information content (AvgIpc) is 3.14. The standard InChI is InChI=1S/C17H22N4O3S/c1-4-14-12(3)17(19-18-14)20-25(23,24)15-10-13(8-7-11(15)2)21-9-5-6-16(21)22/h7-8,10H,4-6,9H2,1-3H3,(H2,18,19,20). The van der Waals surface area contributed by atoms with E-state index in [4.69, 9.17) is 0 Å². The lowest BCUT2D eigenvalue weighted by Crippen LogP contribution is -2.24. The number of carbonyl (C=O) groups is 1. The number of hydrogen-bond donors (Lipinski definition) is 2. The third-order valence-corrected chi connectivity index (χ3v) is 6.02. The van der Waals surface area contributed by atoms with Gasteiger partial charge in [0.2, 0.25) is 5.91 Å². The van der Waals surface area contributed by atoms with Gasteiger partial charge in [-0.15, -0.1) is 0 Å². The summed E-state index contributed by atoms with van der Waals surface area (Å²) < 4.78 is 28.3. The minimum absolute atomic E-state index is 0.0240.